The van der Waals surface area contributed by atoms with Crippen molar-refractivity contribution >= 4 is 5.69 Å². The number of nitrogen functional groups attached to an aromatic ring is 1. The molecule has 0 aromatic heterocycles. The fraction of sp³-hybridized carbons (Fsp3) is 0.538. The molecule has 1 aliphatic rings. The van der Waals surface area contributed by atoms with Crippen LogP contribution in [0.15, 0.2) is 24.3 Å². The SMILES string of the molecule is CO[C@@H]1[C@@H](Oc2ccc(N)cc2)O[C@@H](C)[C@@H](O)[C@H]1O. The van der Waals surface area contributed by atoms with Gasteiger partial charge in [0.1, 0.15) is 24.1 Å². The second-order valence-electron chi connectivity index (χ2n) is 4.58. The van der Waals surface area contributed by atoms with Gasteiger partial charge in [0.25, 0.3) is 0 Å². The van der Waals surface area contributed by atoms with Gasteiger partial charge in [-0.3, -0.25) is 0 Å². The first-order valence-electron chi connectivity index (χ1n) is 6.09. The molecule has 1 saturated heterocycles. The van der Waals surface area contributed by atoms with Gasteiger partial charge < -0.3 is 30.2 Å². The molecule has 0 unspecified atom stereocenters. The van der Waals surface area contributed by atoms with Gasteiger partial charge in [0, 0.05) is 12.8 Å². The summed E-state index contributed by atoms with van der Waals surface area (Å²) < 4.78 is 16.3. The zero-order chi connectivity index (χ0) is 14.0. The lowest BCUT2D eigenvalue weighted by atomic mass is 10.00. The van der Waals surface area contributed by atoms with Crippen LogP contribution in [-0.2, 0) is 9.47 Å². The number of aliphatic hydroxyl groups is 2. The summed E-state index contributed by atoms with van der Waals surface area (Å²) >= 11 is 0. The Hall–Kier alpha value is -1.34. The Morgan fingerprint density at radius 1 is 1.16 bits per heavy atom. The molecule has 0 aliphatic carbocycles. The van der Waals surface area contributed by atoms with Crippen LogP contribution in [0.25, 0.3) is 0 Å². The largest absolute Gasteiger partial charge is 0.462 e. The minimum Gasteiger partial charge on any atom is -0.462 e. The first kappa shape index (κ1) is 14.1. The molecule has 0 amide bonds. The van der Waals surface area contributed by atoms with E-state index < -0.39 is 30.7 Å². The van der Waals surface area contributed by atoms with Gasteiger partial charge in [0.2, 0.25) is 6.29 Å². The minimum absolute atomic E-state index is 0.541. The van der Waals surface area contributed by atoms with Crippen molar-refractivity contribution in [1.29, 1.82) is 0 Å². The molecule has 1 fully saturated rings. The first-order valence-corrected chi connectivity index (χ1v) is 6.09. The maximum atomic E-state index is 9.95. The molecule has 4 N–H and O–H groups in total. The highest BCUT2D eigenvalue weighted by molar-refractivity contribution is 5.41. The first-order chi connectivity index (χ1) is 9.02. The molecule has 0 radical (unpaired) electrons. The number of hydrogen-bond donors (Lipinski definition) is 3. The summed E-state index contributed by atoms with van der Waals surface area (Å²) in [7, 11) is 1.43. The number of rotatable bonds is 3. The smallest absolute Gasteiger partial charge is 0.229 e. The topological polar surface area (TPSA) is 94.2 Å². The Labute approximate surface area is 111 Å². The summed E-state index contributed by atoms with van der Waals surface area (Å²) in [5.41, 5.74) is 6.22. The Morgan fingerprint density at radius 3 is 2.37 bits per heavy atom. The van der Waals surface area contributed by atoms with E-state index >= 15 is 0 Å². The van der Waals surface area contributed by atoms with Gasteiger partial charge in [-0.05, 0) is 31.2 Å². The van der Waals surface area contributed by atoms with Crippen LogP contribution in [0.5, 0.6) is 5.75 Å². The van der Waals surface area contributed by atoms with Crippen molar-refractivity contribution < 1.29 is 24.4 Å². The summed E-state index contributed by atoms with van der Waals surface area (Å²) in [6, 6.07) is 6.81. The fourth-order valence-corrected chi connectivity index (χ4v) is 2.03. The summed E-state index contributed by atoms with van der Waals surface area (Å²) in [6.07, 6.45) is -4.16. The van der Waals surface area contributed by atoms with Crippen molar-refractivity contribution in [3.8, 4) is 5.75 Å². The number of aliphatic hydroxyl groups excluding tert-OH is 2. The molecule has 0 saturated carbocycles. The second-order valence-corrected chi connectivity index (χ2v) is 4.58. The third-order valence-electron chi connectivity index (χ3n) is 3.19. The highest BCUT2D eigenvalue weighted by atomic mass is 16.7. The zero-order valence-electron chi connectivity index (χ0n) is 10.9. The van der Waals surface area contributed by atoms with Gasteiger partial charge in [-0.15, -0.1) is 0 Å². The third kappa shape index (κ3) is 2.98. The van der Waals surface area contributed by atoms with E-state index in [4.69, 9.17) is 19.9 Å². The Bertz CT molecular complexity index is 410. The Morgan fingerprint density at radius 2 is 1.79 bits per heavy atom. The van der Waals surface area contributed by atoms with Crippen LogP contribution in [0.1, 0.15) is 6.92 Å². The van der Waals surface area contributed by atoms with Gasteiger partial charge in [0.15, 0.2) is 0 Å². The molecule has 106 valence electrons. The summed E-state index contributed by atoms with van der Waals surface area (Å²) in [6.45, 7) is 1.67. The van der Waals surface area contributed by atoms with Crippen LogP contribution in [0.4, 0.5) is 5.69 Å². The molecular weight excluding hydrogens is 250 g/mol. The highest BCUT2D eigenvalue weighted by Crippen LogP contribution is 2.26. The summed E-state index contributed by atoms with van der Waals surface area (Å²) in [5, 5.41) is 19.7. The third-order valence-corrected chi connectivity index (χ3v) is 3.19. The van der Waals surface area contributed by atoms with Gasteiger partial charge in [-0.25, -0.2) is 0 Å². The lowest BCUT2D eigenvalue weighted by Gasteiger charge is -2.40. The van der Waals surface area contributed by atoms with Crippen LogP contribution < -0.4 is 10.5 Å². The molecular formula is C13H19NO5. The molecule has 6 nitrogen and oxygen atoms in total. The molecule has 0 spiro atoms. The number of methoxy groups -OCH3 is 1. The number of benzene rings is 1. The molecule has 6 heteroatoms. The van der Waals surface area contributed by atoms with E-state index in [0.717, 1.165) is 0 Å². The number of anilines is 1. The van der Waals surface area contributed by atoms with Crippen LogP contribution >= 0.6 is 0 Å². The van der Waals surface area contributed by atoms with Crippen LogP contribution in [-0.4, -0.2) is 48.0 Å². The molecule has 0 bridgehead atoms. The van der Waals surface area contributed by atoms with Gasteiger partial charge in [-0.1, -0.05) is 0 Å². The van der Waals surface area contributed by atoms with Crippen LogP contribution in [0, 0.1) is 0 Å². The fourth-order valence-electron chi connectivity index (χ4n) is 2.03. The van der Waals surface area contributed by atoms with Gasteiger partial charge >= 0.3 is 0 Å². The van der Waals surface area contributed by atoms with E-state index in [2.05, 4.69) is 0 Å². The maximum absolute atomic E-state index is 9.95. The van der Waals surface area contributed by atoms with E-state index in [9.17, 15) is 10.2 Å². The number of ether oxygens (including phenoxy) is 3. The molecule has 2 rings (SSSR count). The van der Waals surface area contributed by atoms with Crippen LogP contribution in [0.3, 0.4) is 0 Å². The lowest BCUT2D eigenvalue weighted by molar-refractivity contribution is -0.274. The molecule has 1 aromatic rings. The highest BCUT2D eigenvalue weighted by Gasteiger charge is 2.44. The van der Waals surface area contributed by atoms with E-state index in [1.54, 1.807) is 31.2 Å². The van der Waals surface area contributed by atoms with E-state index in [-0.39, 0.29) is 0 Å². The van der Waals surface area contributed by atoms with Crippen LogP contribution in [0.2, 0.25) is 0 Å². The average Bonchev–Trinajstić information content (AvgIpc) is 2.39. The van der Waals surface area contributed by atoms with Gasteiger partial charge in [0.05, 0.1) is 6.10 Å². The summed E-state index contributed by atoms with van der Waals surface area (Å²) in [5.74, 6) is 0.553. The molecule has 1 aliphatic heterocycles. The molecule has 5 atom stereocenters. The van der Waals surface area contributed by atoms with Crippen molar-refractivity contribution in [2.75, 3.05) is 12.8 Å². The van der Waals surface area contributed by atoms with E-state index in [1.165, 1.54) is 7.11 Å². The predicted molar refractivity (Wildman–Crippen MR) is 68.6 cm³/mol. The number of hydrogen-bond acceptors (Lipinski definition) is 6. The standard InChI is InChI=1S/C13H19NO5/c1-7-10(15)11(16)12(17-2)13(18-7)19-9-5-3-8(14)4-6-9/h3-7,10-13,15-16H,14H2,1-2H3/t7-,10+,11+,12-,13+/m0/s1. The monoisotopic (exact) mass is 269 g/mol. The molecule has 19 heavy (non-hydrogen) atoms. The second kappa shape index (κ2) is 5.75. The van der Waals surface area contributed by atoms with Gasteiger partial charge in [-0.2, -0.15) is 0 Å². The molecule has 1 aromatic carbocycles. The quantitative estimate of drug-likeness (QED) is 0.675. The maximum Gasteiger partial charge on any atom is 0.229 e. The Kier molecular flexibility index (Phi) is 4.26. The zero-order valence-corrected chi connectivity index (χ0v) is 10.9. The predicted octanol–water partition coefficient (Wildman–Crippen LogP) is 0.129. The van der Waals surface area contributed by atoms with E-state index in [1.807, 2.05) is 0 Å². The van der Waals surface area contributed by atoms with Crippen molar-refractivity contribution in [2.24, 2.45) is 0 Å². The number of nitrogens with two attached hydrogens (primary N) is 1. The molecule has 1 heterocycles. The van der Waals surface area contributed by atoms with Crippen molar-refractivity contribution in [2.45, 2.75) is 37.6 Å². The van der Waals surface area contributed by atoms with E-state index in [0.29, 0.717) is 11.4 Å². The van der Waals surface area contributed by atoms with Crippen molar-refractivity contribution in [3.63, 3.8) is 0 Å². The minimum atomic E-state index is -1.06. The van der Waals surface area contributed by atoms with Crippen molar-refractivity contribution in [1.82, 2.24) is 0 Å². The Balaban J connectivity index is 2.11. The average molecular weight is 269 g/mol. The van der Waals surface area contributed by atoms with Crippen molar-refractivity contribution in [3.05, 3.63) is 24.3 Å². The normalized spacial score (nSPS) is 35.1. The lowest BCUT2D eigenvalue weighted by Crippen LogP contribution is -2.58. The summed E-state index contributed by atoms with van der Waals surface area (Å²) in [4.78, 5) is 0.